The number of anilines is 1. The van der Waals surface area contributed by atoms with Crippen LogP contribution in [0, 0.1) is 13.8 Å². The monoisotopic (exact) mass is 372 g/mol. The van der Waals surface area contributed by atoms with Gasteiger partial charge in [0.15, 0.2) is 5.78 Å². The van der Waals surface area contributed by atoms with Gasteiger partial charge in [0.2, 0.25) is 10.0 Å². The van der Waals surface area contributed by atoms with E-state index in [-0.39, 0.29) is 5.78 Å². The summed E-state index contributed by atoms with van der Waals surface area (Å²) in [6, 6.07) is 13.0. The second kappa shape index (κ2) is 7.21. The van der Waals surface area contributed by atoms with Gasteiger partial charge in [-0.25, -0.2) is 8.42 Å². The van der Waals surface area contributed by atoms with Gasteiger partial charge < -0.3 is 4.90 Å². The average Bonchev–Trinajstić information content (AvgIpc) is 2.64. The molecule has 2 aromatic rings. The third-order valence-corrected chi connectivity index (χ3v) is 6.86. The highest BCUT2D eigenvalue weighted by molar-refractivity contribution is 7.89. The van der Waals surface area contributed by atoms with E-state index in [0.717, 1.165) is 16.8 Å². The predicted octanol–water partition coefficient (Wildman–Crippen LogP) is 3.02. The molecule has 0 aromatic heterocycles. The Morgan fingerprint density at radius 2 is 1.65 bits per heavy atom. The summed E-state index contributed by atoms with van der Waals surface area (Å²) < 4.78 is 27.6. The zero-order valence-corrected chi connectivity index (χ0v) is 16.2. The molecule has 0 amide bonds. The maximum atomic E-state index is 13.0. The molecule has 0 bridgehead atoms. The minimum atomic E-state index is -3.49. The topological polar surface area (TPSA) is 57.7 Å². The minimum absolute atomic E-state index is 0.0305. The number of carbonyl (C=O) groups is 1. The van der Waals surface area contributed by atoms with Gasteiger partial charge in [-0.1, -0.05) is 24.3 Å². The fraction of sp³-hybridized carbons (Fsp3) is 0.350. The third-order valence-electron chi connectivity index (χ3n) is 4.82. The fourth-order valence-corrected chi connectivity index (χ4v) is 4.96. The lowest BCUT2D eigenvalue weighted by atomic mass is 10.1. The summed E-state index contributed by atoms with van der Waals surface area (Å²) in [6.07, 6.45) is 0. The Kier molecular flexibility index (Phi) is 5.16. The molecule has 1 aliphatic heterocycles. The van der Waals surface area contributed by atoms with Crippen LogP contribution in [0.15, 0.2) is 47.4 Å². The maximum absolute atomic E-state index is 13.0. The molecule has 3 rings (SSSR count). The van der Waals surface area contributed by atoms with Gasteiger partial charge in [0.05, 0.1) is 4.90 Å². The Labute approximate surface area is 155 Å². The van der Waals surface area contributed by atoms with Crippen molar-refractivity contribution in [2.45, 2.75) is 25.7 Å². The first kappa shape index (κ1) is 18.6. The molecule has 0 radical (unpaired) electrons. The van der Waals surface area contributed by atoms with E-state index >= 15 is 0 Å². The Morgan fingerprint density at radius 3 is 2.31 bits per heavy atom. The van der Waals surface area contributed by atoms with Crippen LogP contribution < -0.4 is 4.90 Å². The van der Waals surface area contributed by atoms with Crippen molar-refractivity contribution < 1.29 is 13.2 Å². The quantitative estimate of drug-likeness (QED) is 0.774. The number of hydrogen-bond acceptors (Lipinski definition) is 4. The lowest BCUT2D eigenvalue weighted by molar-refractivity contribution is 0.101. The molecule has 1 heterocycles. The van der Waals surface area contributed by atoms with Gasteiger partial charge in [-0.15, -0.1) is 0 Å². The van der Waals surface area contributed by atoms with E-state index in [1.807, 2.05) is 44.2 Å². The number of rotatable bonds is 4. The molecule has 5 nitrogen and oxygen atoms in total. The molecular weight excluding hydrogens is 348 g/mol. The summed E-state index contributed by atoms with van der Waals surface area (Å²) in [5.41, 5.74) is 3.34. The number of sulfonamides is 1. The fourth-order valence-electron chi connectivity index (χ4n) is 3.23. The Bertz CT molecular complexity index is 930. The summed E-state index contributed by atoms with van der Waals surface area (Å²) in [5, 5.41) is 0. The molecule has 0 saturated carbocycles. The zero-order chi connectivity index (χ0) is 18.9. The largest absolute Gasteiger partial charge is 0.369 e. The SMILES string of the molecule is CC(=O)c1cccc(N2CCN(S(=O)(=O)c3cc(C)ccc3C)CC2)c1. The van der Waals surface area contributed by atoms with Crippen LogP contribution in [0.4, 0.5) is 5.69 Å². The van der Waals surface area contributed by atoms with Crippen molar-refractivity contribution in [3.63, 3.8) is 0 Å². The van der Waals surface area contributed by atoms with Crippen molar-refractivity contribution in [2.24, 2.45) is 0 Å². The van der Waals surface area contributed by atoms with Crippen LogP contribution in [0.3, 0.4) is 0 Å². The summed E-state index contributed by atoms with van der Waals surface area (Å²) in [7, 11) is -3.49. The number of benzene rings is 2. The van der Waals surface area contributed by atoms with Crippen LogP contribution >= 0.6 is 0 Å². The Hall–Kier alpha value is -2.18. The molecule has 0 atom stereocenters. The Balaban J connectivity index is 1.77. The van der Waals surface area contributed by atoms with Crippen molar-refractivity contribution in [1.82, 2.24) is 4.31 Å². The summed E-state index contributed by atoms with van der Waals surface area (Å²) in [5.74, 6) is 0.0305. The van der Waals surface area contributed by atoms with E-state index in [1.165, 1.54) is 0 Å². The Morgan fingerprint density at radius 1 is 0.962 bits per heavy atom. The van der Waals surface area contributed by atoms with Crippen molar-refractivity contribution in [1.29, 1.82) is 0 Å². The predicted molar refractivity (Wildman–Crippen MR) is 103 cm³/mol. The van der Waals surface area contributed by atoms with Gasteiger partial charge in [0.25, 0.3) is 0 Å². The first-order valence-electron chi connectivity index (χ1n) is 8.72. The maximum Gasteiger partial charge on any atom is 0.243 e. The number of ketones is 1. The van der Waals surface area contributed by atoms with Crippen LogP contribution in [0.5, 0.6) is 0 Å². The minimum Gasteiger partial charge on any atom is -0.369 e. The molecule has 6 heteroatoms. The van der Waals surface area contributed by atoms with Gasteiger partial charge in [-0.3, -0.25) is 4.79 Å². The number of aryl methyl sites for hydroxylation is 2. The number of nitrogens with zero attached hydrogens (tertiary/aromatic N) is 2. The van der Waals surface area contributed by atoms with Gasteiger partial charge in [0, 0.05) is 37.4 Å². The highest BCUT2D eigenvalue weighted by Gasteiger charge is 2.29. The zero-order valence-electron chi connectivity index (χ0n) is 15.4. The number of hydrogen-bond donors (Lipinski definition) is 0. The highest BCUT2D eigenvalue weighted by Crippen LogP contribution is 2.24. The van der Waals surface area contributed by atoms with Gasteiger partial charge in [-0.2, -0.15) is 4.31 Å². The normalized spacial score (nSPS) is 15.9. The average molecular weight is 372 g/mol. The van der Waals surface area contributed by atoms with Crippen molar-refractivity contribution in [2.75, 3.05) is 31.1 Å². The highest BCUT2D eigenvalue weighted by atomic mass is 32.2. The number of carbonyl (C=O) groups excluding carboxylic acids is 1. The lowest BCUT2D eigenvalue weighted by Crippen LogP contribution is -2.48. The molecule has 1 saturated heterocycles. The van der Waals surface area contributed by atoms with E-state index in [0.29, 0.717) is 36.6 Å². The first-order valence-corrected chi connectivity index (χ1v) is 10.2. The van der Waals surface area contributed by atoms with Gasteiger partial charge in [-0.05, 0) is 50.1 Å². The van der Waals surface area contributed by atoms with Crippen LogP contribution in [0.1, 0.15) is 28.4 Å². The molecule has 0 aliphatic carbocycles. The van der Waals surface area contributed by atoms with Crippen LogP contribution in [-0.4, -0.2) is 44.7 Å². The molecule has 0 spiro atoms. The molecule has 138 valence electrons. The van der Waals surface area contributed by atoms with E-state index in [2.05, 4.69) is 4.90 Å². The van der Waals surface area contributed by atoms with E-state index < -0.39 is 10.0 Å². The first-order chi connectivity index (χ1) is 12.3. The van der Waals surface area contributed by atoms with Crippen LogP contribution in [0.2, 0.25) is 0 Å². The second-order valence-electron chi connectivity index (χ2n) is 6.77. The summed E-state index contributed by atoms with van der Waals surface area (Å²) >= 11 is 0. The van der Waals surface area contributed by atoms with E-state index in [4.69, 9.17) is 0 Å². The van der Waals surface area contributed by atoms with Crippen molar-refractivity contribution in [3.05, 3.63) is 59.2 Å². The summed E-state index contributed by atoms with van der Waals surface area (Å²) in [6.45, 7) is 7.35. The molecule has 0 unspecified atom stereocenters. The van der Waals surface area contributed by atoms with E-state index in [1.54, 1.807) is 23.4 Å². The standard InChI is InChI=1S/C20H24N2O3S/c1-15-7-8-16(2)20(13-15)26(24,25)22-11-9-21(10-12-22)19-6-4-5-18(14-19)17(3)23/h4-8,13-14H,9-12H2,1-3H3. The van der Waals surface area contributed by atoms with Crippen molar-refractivity contribution >= 4 is 21.5 Å². The number of Topliss-reactive ketones (excluding diaryl/α,β-unsaturated/α-hetero) is 1. The smallest absolute Gasteiger partial charge is 0.243 e. The molecule has 1 aliphatic rings. The third kappa shape index (κ3) is 3.66. The van der Waals surface area contributed by atoms with E-state index in [9.17, 15) is 13.2 Å². The van der Waals surface area contributed by atoms with Gasteiger partial charge in [0.1, 0.15) is 0 Å². The summed E-state index contributed by atoms with van der Waals surface area (Å²) in [4.78, 5) is 14.1. The molecule has 0 N–H and O–H groups in total. The number of piperazine rings is 1. The molecule has 26 heavy (non-hydrogen) atoms. The second-order valence-corrected chi connectivity index (χ2v) is 8.67. The van der Waals surface area contributed by atoms with Crippen LogP contribution in [0.25, 0.3) is 0 Å². The lowest BCUT2D eigenvalue weighted by Gasteiger charge is -2.35. The van der Waals surface area contributed by atoms with Gasteiger partial charge >= 0.3 is 0 Å². The van der Waals surface area contributed by atoms with Crippen molar-refractivity contribution in [3.8, 4) is 0 Å². The molecule has 2 aromatic carbocycles. The molecule has 1 fully saturated rings. The molecular formula is C20H24N2O3S. The van der Waals surface area contributed by atoms with Crippen LogP contribution in [-0.2, 0) is 10.0 Å².